The van der Waals surface area contributed by atoms with E-state index in [1.807, 2.05) is 61.5 Å². The minimum absolute atomic E-state index is 0.291. The van der Waals surface area contributed by atoms with E-state index in [1.165, 1.54) is 7.11 Å². The van der Waals surface area contributed by atoms with Crippen molar-refractivity contribution in [1.82, 2.24) is 5.48 Å². The molecule has 1 heterocycles. The number of thiophene rings is 1. The summed E-state index contributed by atoms with van der Waals surface area (Å²) in [4.78, 5) is 18.8. The number of benzene rings is 2. The molecule has 5 heteroatoms. The van der Waals surface area contributed by atoms with E-state index in [-0.39, 0.29) is 5.97 Å². The van der Waals surface area contributed by atoms with Crippen LogP contribution in [-0.4, -0.2) is 13.1 Å². The first-order valence-electron chi connectivity index (χ1n) is 8.53. The first-order valence-corrected chi connectivity index (χ1v) is 9.35. The van der Waals surface area contributed by atoms with Crippen molar-refractivity contribution in [3.8, 4) is 0 Å². The number of hydrogen-bond donors (Lipinski definition) is 1. The van der Waals surface area contributed by atoms with Gasteiger partial charge < -0.3 is 4.74 Å². The Morgan fingerprint density at radius 3 is 2.56 bits per heavy atom. The van der Waals surface area contributed by atoms with Gasteiger partial charge in [0.2, 0.25) is 0 Å². The summed E-state index contributed by atoms with van der Waals surface area (Å²) in [6.45, 7) is 6.12. The van der Waals surface area contributed by atoms with Crippen LogP contribution in [0.3, 0.4) is 0 Å². The maximum Gasteiger partial charge on any atom is 0.338 e. The van der Waals surface area contributed by atoms with Gasteiger partial charge in [0, 0.05) is 15.1 Å². The van der Waals surface area contributed by atoms with Gasteiger partial charge in [-0.3, -0.25) is 10.3 Å². The average molecular weight is 379 g/mol. The zero-order valence-electron chi connectivity index (χ0n) is 15.3. The van der Waals surface area contributed by atoms with Crippen LogP contribution in [-0.2, 0) is 21.0 Å². The van der Waals surface area contributed by atoms with E-state index in [9.17, 15) is 4.79 Å². The number of rotatable bonds is 7. The molecule has 138 valence electrons. The molecule has 0 aliphatic carbocycles. The fourth-order valence-corrected chi connectivity index (χ4v) is 4.08. The van der Waals surface area contributed by atoms with Gasteiger partial charge in [0.05, 0.1) is 18.4 Å². The largest absolute Gasteiger partial charge is 0.465 e. The maximum absolute atomic E-state index is 12.2. The highest BCUT2D eigenvalue weighted by Crippen LogP contribution is 2.36. The second kappa shape index (κ2) is 8.66. The van der Waals surface area contributed by atoms with Crippen LogP contribution in [0.4, 0.5) is 0 Å². The van der Waals surface area contributed by atoms with Gasteiger partial charge in [0.25, 0.3) is 0 Å². The summed E-state index contributed by atoms with van der Waals surface area (Å²) >= 11 is 1.56. The van der Waals surface area contributed by atoms with Crippen LogP contribution in [0.1, 0.15) is 22.9 Å². The summed E-state index contributed by atoms with van der Waals surface area (Å²) in [5, 5.41) is 1.06. The Labute approximate surface area is 162 Å². The quantitative estimate of drug-likeness (QED) is 0.349. The predicted molar refractivity (Wildman–Crippen MR) is 111 cm³/mol. The van der Waals surface area contributed by atoms with Crippen molar-refractivity contribution in [2.24, 2.45) is 0 Å². The molecule has 1 N–H and O–H groups in total. The highest BCUT2D eigenvalue weighted by Gasteiger charge is 2.20. The van der Waals surface area contributed by atoms with Gasteiger partial charge in [-0.2, -0.15) is 0 Å². The topological polar surface area (TPSA) is 47.6 Å². The van der Waals surface area contributed by atoms with E-state index in [1.54, 1.807) is 17.4 Å². The van der Waals surface area contributed by atoms with Crippen LogP contribution in [0.5, 0.6) is 0 Å². The third-order valence-corrected chi connectivity index (χ3v) is 5.42. The van der Waals surface area contributed by atoms with Gasteiger partial charge in [-0.15, -0.1) is 11.3 Å². The molecule has 0 saturated heterocycles. The molecule has 0 radical (unpaired) electrons. The monoisotopic (exact) mass is 379 g/mol. The Hall–Kier alpha value is -2.89. The van der Waals surface area contributed by atoms with Crippen LogP contribution in [0.25, 0.3) is 21.4 Å². The molecule has 4 nitrogen and oxygen atoms in total. The van der Waals surface area contributed by atoms with E-state index in [0.29, 0.717) is 17.9 Å². The summed E-state index contributed by atoms with van der Waals surface area (Å²) in [6, 6.07) is 17.8. The fraction of sp³-hybridized carbons (Fsp3) is 0.136. The lowest BCUT2D eigenvalue weighted by Crippen LogP contribution is -2.13. The highest BCUT2D eigenvalue weighted by atomic mass is 32.1. The van der Waals surface area contributed by atoms with Crippen molar-refractivity contribution in [3.63, 3.8) is 0 Å². The van der Waals surface area contributed by atoms with Crippen molar-refractivity contribution in [1.29, 1.82) is 0 Å². The molecule has 27 heavy (non-hydrogen) atoms. The number of nitrogens with one attached hydrogen (secondary N) is 1. The predicted octanol–water partition coefficient (Wildman–Crippen LogP) is 5.17. The van der Waals surface area contributed by atoms with Crippen molar-refractivity contribution < 1.29 is 14.4 Å². The number of hydrogen-bond acceptors (Lipinski definition) is 5. The van der Waals surface area contributed by atoms with Crippen LogP contribution >= 0.6 is 11.3 Å². The molecular weight excluding hydrogens is 358 g/mol. The van der Waals surface area contributed by atoms with Crippen molar-refractivity contribution in [2.75, 3.05) is 7.11 Å². The molecule has 0 aliphatic rings. The normalized spacial score (nSPS) is 11.4. The zero-order valence-corrected chi connectivity index (χ0v) is 16.1. The minimum Gasteiger partial charge on any atom is -0.465 e. The zero-order chi connectivity index (χ0) is 19.2. The molecule has 0 fully saturated rings. The number of allylic oxidation sites excluding steroid dienone is 1. The lowest BCUT2D eigenvalue weighted by Gasteiger charge is -2.11. The van der Waals surface area contributed by atoms with Gasteiger partial charge in [0.1, 0.15) is 6.61 Å². The third-order valence-electron chi connectivity index (χ3n) is 4.17. The van der Waals surface area contributed by atoms with Gasteiger partial charge in [-0.05, 0) is 23.9 Å². The number of fused-ring (bicyclic) bond motifs is 1. The SMILES string of the molecule is C=C(NOCc1c(C(=CC)C(=O)OC)sc2ccccc12)c1ccccc1. The smallest absolute Gasteiger partial charge is 0.338 e. The second-order valence-electron chi connectivity index (χ2n) is 5.84. The van der Waals surface area contributed by atoms with Gasteiger partial charge in [-0.25, -0.2) is 4.79 Å². The first-order chi connectivity index (χ1) is 13.2. The number of carbonyl (C=O) groups is 1. The molecule has 0 aliphatic heterocycles. The minimum atomic E-state index is -0.355. The molecule has 3 rings (SSSR count). The van der Waals surface area contributed by atoms with Gasteiger partial charge >= 0.3 is 5.97 Å². The second-order valence-corrected chi connectivity index (χ2v) is 6.89. The maximum atomic E-state index is 12.2. The molecule has 1 aromatic heterocycles. The fourth-order valence-electron chi connectivity index (χ4n) is 2.80. The number of ether oxygens (including phenoxy) is 1. The lowest BCUT2D eigenvalue weighted by atomic mass is 10.1. The Morgan fingerprint density at radius 2 is 1.85 bits per heavy atom. The Balaban J connectivity index is 1.85. The summed E-state index contributed by atoms with van der Waals surface area (Å²) in [5.41, 5.74) is 6.02. The van der Waals surface area contributed by atoms with Crippen molar-refractivity contribution in [3.05, 3.63) is 83.3 Å². The van der Waals surface area contributed by atoms with Crippen LogP contribution in [0, 0.1) is 0 Å². The molecular formula is C22H21NO3S. The molecule has 0 spiro atoms. The van der Waals surface area contributed by atoms with Crippen LogP contribution in [0.2, 0.25) is 0 Å². The lowest BCUT2D eigenvalue weighted by molar-refractivity contribution is -0.133. The summed E-state index contributed by atoms with van der Waals surface area (Å²) in [7, 11) is 1.39. The van der Waals surface area contributed by atoms with Gasteiger partial charge in [-0.1, -0.05) is 61.2 Å². The third kappa shape index (κ3) is 4.10. The highest BCUT2D eigenvalue weighted by molar-refractivity contribution is 7.20. The van der Waals surface area contributed by atoms with Crippen molar-refractivity contribution >= 4 is 38.7 Å². The summed E-state index contributed by atoms with van der Waals surface area (Å²) in [6.07, 6.45) is 1.77. The number of methoxy groups -OCH3 is 1. The van der Waals surface area contributed by atoms with E-state index in [4.69, 9.17) is 9.57 Å². The summed E-state index contributed by atoms with van der Waals surface area (Å²) in [5.74, 6) is -0.355. The standard InChI is InChI=1S/C22H21NO3S/c1-4-17(22(24)25-3)21-19(18-12-8-9-13-20(18)27-21)14-26-23-15(2)16-10-6-5-7-11-16/h4-13,23H,2,14H2,1,3H3. The van der Waals surface area contributed by atoms with E-state index < -0.39 is 0 Å². The Morgan fingerprint density at radius 1 is 1.15 bits per heavy atom. The number of hydroxylamine groups is 1. The molecule has 0 bridgehead atoms. The van der Waals surface area contributed by atoms with Crippen LogP contribution < -0.4 is 5.48 Å². The molecule has 3 aromatic rings. The van der Waals surface area contributed by atoms with Crippen molar-refractivity contribution in [2.45, 2.75) is 13.5 Å². The molecule has 0 saturated carbocycles. The van der Waals surface area contributed by atoms with E-state index in [2.05, 4.69) is 12.1 Å². The average Bonchev–Trinajstić information content (AvgIpc) is 3.07. The molecule has 0 unspecified atom stereocenters. The van der Waals surface area contributed by atoms with E-state index >= 15 is 0 Å². The molecule has 0 atom stereocenters. The number of esters is 1. The molecule has 2 aromatic carbocycles. The van der Waals surface area contributed by atoms with E-state index in [0.717, 1.165) is 26.1 Å². The summed E-state index contributed by atoms with van der Waals surface area (Å²) < 4.78 is 6.03. The van der Waals surface area contributed by atoms with Crippen LogP contribution in [0.15, 0.2) is 67.3 Å². The molecule has 0 amide bonds. The Bertz CT molecular complexity index is 989. The first kappa shape index (κ1) is 18.9. The Kier molecular flexibility index (Phi) is 6.06. The number of carbonyl (C=O) groups excluding carboxylic acids is 1. The van der Waals surface area contributed by atoms with Gasteiger partial charge in [0.15, 0.2) is 0 Å².